The zero-order chi connectivity index (χ0) is 16.7. The minimum Gasteiger partial charge on any atom is -0.455 e. The van der Waals surface area contributed by atoms with Crippen molar-refractivity contribution in [1.29, 1.82) is 0 Å². The van der Waals surface area contributed by atoms with Crippen molar-refractivity contribution in [3.05, 3.63) is 65.5 Å². The van der Waals surface area contributed by atoms with Crippen molar-refractivity contribution in [2.24, 2.45) is 0 Å². The van der Waals surface area contributed by atoms with E-state index in [2.05, 4.69) is 5.32 Å². The summed E-state index contributed by atoms with van der Waals surface area (Å²) in [5.41, 5.74) is 2.36. The molecule has 23 heavy (non-hydrogen) atoms. The second-order valence-electron chi connectivity index (χ2n) is 5.02. The van der Waals surface area contributed by atoms with Gasteiger partial charge in [0.15, 0.2) is 6.61 Å². The second kappa shape index (κ2) is 8.08. The number of ether oxygens (including phenoxy) is 1. The molecule has 2 aromatic rings. The first kappa shape index (κ1) is 16.7. The van der Waals surface area contributed by atoms with Crippen LogP contribution in [0.3, 0.4) is 0 Å². The molecule has 0 spiro atoms. The van der Waals surface area contributed by atoms with Crippen molar-refractivity contribution in [3.63, 3.8) is 0 Å². The van der Waals surface area contributed by atoms with Gasteiger partial charge in [-0.15, -0.1) is 0 Å². The standard InChI is InChI=1S/C18H18FNO3/c1-2-14-5-3-4-6-16(14)20-17(21)12-23-18(22)11-13-7-9-15(19)10-8-13/h3-10H,2,11-12H2,1H3,(H,20,21). The van der Waals surface area contributed by atoms with Crippen molar-refractivity contribution < 1.29 is 18.7 Å². The Morgan fingerprint density at radius 1 is 1.09 bits per heavy atom. The van der Waals surface area contributed by atoms with Gasteiger partial charge in [0.25, 0.3) is 5.91 Å². The maximum absolute atomic E-state index is 12.8. The third-order valence-electron chi connectivity index (χ3n) is 3.30. The Morgan fingerprint density at radius 2 is 1.78 bits per heavy atom. The molecule has 0 bridgehead atoms. The summed E-state index contributed by atoms with van der Waals surface area (Å²) in [5.74, 6) is -1.29. The van der Waals surface area contributed by atoms with Crippen LogP contribution in [-0.2, 0) is 27.2 Å². The van der Waals surface area contributed by atoms with Crippen LogP contribution in [-0.4, -0.2) is 18.5 Å². The molecule has 0 fully saturated rings. The molecule has 0 aliphatic carbocycles. The van der Waals surface area contributed by atoms with Crippen molar-refractivity contribution in [3.8, 4) is 0 Å². The number of hydrogen-bond donors (Lipinski definition) is 1. The zero-order valence-electron chi connectivity index (χ0n) is 12.8. The highest BCUT2D eigenvalue weighted by Gasteiger charge is 2.10. The van der Waals surface area contributed by atoms with Gasteiger partial charge in [-0.25, -0.2) is 4.39 Å². The summed E-state index contributed by atoms with van der Waals surface area (Å²) in [6.45, 7) is 1.64. The van der Waals surface area contributed by atoms with Gasteiger partial charge < -0.3 is 10.1 Å². The molecular formula is C18H18FNO3. The van der Waals surface area contributed by atoms with Crippen LogP contribution in [0.25, 0.3) is 0 Å². The lowest BCUT2D eigenvalue weighted by Crippen LogP contribution is -2.22. The molecule has 0 radical (unpaired) electrons. The van der Waals surface area contributed by atoms with E-state index in [9.17, 15) is 14.0 Å². The van der Waals surface area contributed by atoms with Crippen molar-refractivity contribution in [1.82, 2.24) is 0 Å². The Labute approximate surface area is 134 Å². The van der Waals surface area contributed by atoms with Crippen LogP contribution in [0.4, 0.5) is 10.1 Å². The van der Waals surface area contributed by atoms with E-state index < -0.39 is 11.9 Å². The lowest BCUT2D eigenvalue weighted by Gasteiger charge is -2.10. The monoisotopic (exact) mass is 315 g/mol. The third-order valence-corrected chi connectivity index (χ3v) is 3.30. The van der Waals surface area contributed by atoms with E-state index in [-0.39, 0.29) is 18.8 Å². The van der Waals surface area contributed by atoms with Crippen molar-refractivity contribution in [2.75, 3.05) is 11.9 Å². The molecule has 0 heterocycles. The number of nitrogens with one attached hydrogen (secondary N) is 1. The minimum absolute atomic E-state index is 0.000886. The van der Waals surface area contributed by atoms with Crippen LogP contribution < -0.4 is 5.32 Å². The lowest BCUT2D eigenvalue weighted by atomic mass is 10.1. The summed E-state index contributed by atoms with van der Waals surface area (Å²) < 4.78 is 17.7. The molecule has 0 saturated carbocycles. The fourth-order valence-corrected chi connectivity index (χ4v) is 2.10. The summed E-state index contributed by atoms with van der Waals surface area (Å²) in [6, 6.07) is 13.0. The number of halogens is 1. The van der Waals surface area contributed by atoms with E-state index >= 15 is 0 Å². The molecule has 0 unspecified atom stereocenters. The van der Waals surface area contributed by atoms with Gasteiger partial charge in [0.05, 0.1) is 6.42 Å². The number of anilines is 1. The molecule has 4 nitrogen and oxygen atoms in total. The van der Waals surface area contributed by atoms with Crippen LogP contribution >= 0.6 is 0 Å². The number of rotatable bonds is 6. The molecule has 0 aromatic heterocycles. The quantitative estimate of drug-likeness (QED) is 0.833. The second-order valence-corrected chi connectivity index (χ2v) is 5.02. The van der Waals surface area contributed by atoms with Gasteiger partial charge in [-0.1, -0.05) is 37.3 Å². The number of carbonyl (C=O) groups is 2. The molecule has 1 amide bonds. The first-order valence-corrected chi connectivity index (χ1v) is 7.36. The van der Waals surface area contributed by atoms with Crippen LogP contribution in [0, 0.1) is 5.82 Å². The van der Waals surface area contributed by atoms with Crippen LogP contribution in [0.5, 0.6) is 0 Å². The third kappa shape index (κ3) is 5.21. The normalized spacial score (nSPS) is 10.2. The fraction of sp³-hybridized carbons (Fsp3) is 0.222. The summed E-state index contributed by atoms with van der Waals surface area (Å²) >= 11 is 0. The van der Waals surface area contributed by atoms with Gasteiger partial charge in [-0.3, -0.25) is 9.59 Å². The molecule has 0 saturated heterocycles. The molecule has 0 atom stereocenters. The molecule has 0 aliphatic rings. The number of amides is 1. The predicted molar refractivity (Wildman–Crippen MR) is 85.5 cm³/mol. The van der Waals surface area contributed by atoms with Gasteiger partial charge in [0.2, 0.25) is 0 Å². The molecule has 120 valence electrons. The highest BCUT2D eigenvalue weighted by molar-refractivity contribution is 5.93. The average Bonchev–Trinajstić information content (AvgIpc) is 2.55. The van der Waals surface area contributed by atoms with Crippen LogP contribution in [0.1, 0.15) is 18.1 Å². The van der Waals surface area contributed by atoms with Gasteiger partial charge >= 0.3 is 5.97 Å². The number of carbonyl (C=O) groups excluding carboxylic acids is 2. The zero-order valence-corrected chi connectivity index (χ0v) is 12.8. The van der Waals surface area contributed by atoms with E-state index in [1.54, 1.807) is 6.07 Å². The van der Waals surface area contributed by atoms with Crippen LogP contribution in [0.2, 0.25) is 0 Å². The number of aryl methyl sites for hydroxylation is 1. The first-order valence-electron chi connectivity index (χ1n) is 7.36. The van der Waals surface area contributed by atoms with Crippen molar-refractivity contribution in [2.45, 2.75) is 19.8 Å². The summed E-state index contributed by atoms with van der Waals surface area (Å²) in [4.78, 5) is 23.5. The minimum atomic E-state index is -0.532. The van der Waals surface area contributed by atoms with Gasteiger partial charge in [-0.2, -0.15) is 0 Å². The summed E-state index contributed by atoms with van der Waals surface area (Å²) in [6.07, 6.45) is 0.792. The maximum atomic E-state index is 12.8. The van der Waals surface area contributed by atoms with Gasteiger partial charge in [-0.05, 0) is 35.7 Å². The number of esters is 1. The topological polar surface area (TPSA) is 55.4 Å². The summed E-state index contributed by atoms with van der Waals surface area (Å²) in [7, 11) is 0. The predicted octanol–water partition coefficient (Wildman–Crippen LogP) is 3.11. The highest BCUT2D eigenvalue weighted by atomic mass is 19.1. The molecule has 2 rings (SSSR count). The van der Waals surface area contributed by atoms with Crippen molar-refractivity contribution >= 4 is 17.6 Å². The van der Waals surface area contributed by atoms with E-state index in [1.165, 1.54) is 24.3 Å². The van der Waals surface area contributed by atoms with E-state index in [4.69, 9.17) is 4.74 Å². The molecule has 1 N–H and O–H groups in total. The Morgan fingerprint density at radius 3 is 2.48 bits per heavy atom. The largest absolute Gasteiger partial charge is 0.455 e. The van der Waals surface area contributed by atoms with E-state index in [0.29, 0.717) is 5.56 Å². The molecule has 0 aliphatic heterocycles. The smallest absolute Gasteiger partial charge is 0.310 e. The number of benzene rings is 2. The fourth-order valence-electron chi connectivity index (χ4n) is 2.10. The average molecular weight is 315 g/mol. The number of para-hydroxylation sites is 1. The van der Waals surface area contributed by atoms with E-state index in [0.717, 1.165) is 17.7 Å². The van der Waals surface area contributed by atoms with E-state index in [1.807, 2.05) is 25.1 Å². The molecule has 2 aromatic carbocycles. The summed E-state index contributed by atoms with van der Waals surface area (Å²) in [5, 5.41) is 2.72. The Bertz CT molecular complexity index is 683. The Kier molecular flexibility index (Phi) is 5.86. The maximum Gasteiger partial charge on any atom is 0.310 e. The van der Waals surface area contributed by atoms with Gasteiger partial charge in [0.1, 0.15) is 5.82 Å². The highest BCUT2D eigenvalue weighted by Crippen LogP contribution is 2.15. The SMILES string of the molecule is CCc1ccccc1NC(=O)COC(=O)Cc1ccc(F)cc1. The Balaban J connectivity index is 1.82. The van der Waals surface area contributed by atoms with Gasteiger partial charge in [0, 0.05) is 5.69 Å². The molecular weight excluding hydrogens is 297 g/mol. The lowest BCUT2D eigenvalue weighted by molar-refractivity contribution is -0.146. The first-order chi connectivity index (χ1) is 11.1. The Hall–Kier alpha value is -2.69. The number of hydrogen-bond acceptors (Lipinski definition) is 3. The molecule has 5 heteroatoms. The van der Waals surface area contributed by atoms with Crippen LogP contribution in [0.15, 0.2) is 48.5 Å².